The topological polar surface area (TPSA) is 49.7 Å². The highest BCUT2D eigenvalue weighted by Crippen LogP contribution is 2.36. The highest BCUT2D eigenvalue weighted by molar-refractivity contribution is 5.98. The average Bonchev–Trinajstić information content (AvgIpc) is 3.00. The standard InChI is InChI=1S/C22H23NO4/c1-15-13-18(16(2)23(15)17-9-6-5-7-10-17)19(24)14-27-22-20(25-3)11-8-12-21(22)26-4/h5-13H,14H2,1-4H3. The van der Waals surface area contributed by atoms with Crippen molar-refractivity contribution < 1.29 is 19.0 Å². The van der Waals surface area contributed by atoms with Crippen LogP contribution in [0.3, 0.4) is 0 Å². The first-order chi connectivity index (χ1) is 13.1. The van der Waals surface area contributed by atoms with Gasteiger partial charge in [-0.15, -0.1) is 0 Å². The van der Waals surface area contributed by atoms with Crippen molar-refractivity contribution in [2.24, 2.45) is 0 Å². The van der Waals surface area contributed by atoms with Crippen molar-refractivity contribution in [1.82, 2.24) is 4.57 Å². The van der Waals surface area contributed by atoms with E-state index < -0.39 is 0 Å². The van der Waals surface area contributed by atoms with Crippen molar-refractivity contribution in [2.45, 2.75) is 13.8 Å². The Labute approximate surface area is 159 Å². The summed E-state index contributed by atoms with van der Waals surface area (Å²) >= 11 is 0. The number of hydrogen-bond donors (Lipinski definition) is 0. The van der Waals surface area contributed by atoms with Crippen molar-refractivity contribution in [2.75, 3.05) is 20.8 Å². The molecule has 140 valence electrons. The number of carbonyl (C=O) groups is 1. The van der Waals surface area contributed by atoms with Gasteiger partial charge in [0.1, 0.15) is 0 Å². The van der Waals surface area contributed by atoms with E-state index in [9.17, 15) is 4.79 Å². The number of ether oxygens (including phenoxy) is 3. The maximum Gasteiger partial charge on any atom is 0.203 e. The molecule has 0 aliphatic rings. The summed E-state index contributed by atoms with van der Waals surface area (Å²) in [5.74, 6) is 1.37. The summed E-state index contributed by atoms with van der Waals surface area (Å²) in [5.41, 5.74) is 3.56. The lowest BCUT2D eigenvalue weighted by atomic mass is 10.1. The van der Waals surface area contributed by atoms with E-state index in [2.05, 4.69) is 4.57 Å². The molecule has 0 amide bonds. The molecule has 0 bridgehead atoms. The summed E-state index contributed by atoms with van der Waals surface area (Å²) in [6, 6.07) is 17.2. The number of aromatic nitrogens is 1. The average molecular weight is 365 g/mol. The second-order valence-corrected chi connectivity index (χ2v) is 6.16. The van der Waals surface area contributed by atoms with Crippen molar-refractivity contribution in [3.05, 3.63) is 71.5 Å². The van der Waals surface area contributed by atoms with Crippen LogP contribution in [0.1, 0.15) is 21.7 Å². The fraction of sp³-hybridized carbons (Fsp3) is 0.227. The number of hydrogen-bond acceptors (Lipinski definition) is 4. The summed E-state index contributed by atoms with van der Waals surface area (Å²) in [7, 11) is 3.11. The molecule has 0 spiro atoms. The molecule has 5 heteroatoms. The minimum Gasteiger partial charge on any atom is -0.493 e. The molecule has 0 atom stereocenters. The molecule has 0 fully saturated rings. The van der Waals surface area contributed by atoms with Gasteiger partial charge in [0.2, 0.25) is 11.5 Å². The van der Waals surface area contributed by atoms with Gasteiger partial charge in [-0.25, -0.2) is 0 Å². The minimum absolute atomic E-state index is 0.0989. The first kappa shape index (κ1) is 18.6. The first-order valence-corrected chi connectivity index (χ1v) is 8.68. The van der Waals surface area contributed by atoms with Crippen LogP contribution < -0.4 is 14.2 Å². The smallest absolute Gasteiger partial charge is 0.203 e. The zero-order chi connectivity index (χ0) is 19.4. The van der Waals surface area contributed by atoms with E-state index in [-0.39, 0.29) is 12.4 Å². The van der Waals surface area contributed by atoms with Gasteiger partial charge in [0, 0.05) is 22.6 Å². The molecule has 0 N–H and O–H groups in total. The molecule has 3 aromatic rings. The number of benzene rings is 2. The van der Waals surface area contributed by atoms with Crippen LogP contribution in [0.4, 0.5) is 0 Å². The van der Waals surface area contributed by atoms with E-state index in [1.165, 1.54) is 0 Å². The molecule has 27 heavy (non-hydrogen) atoms. The van der Waals surface area contributed by atoms with E-state index in [1.54, 1.807) is 32.4 Å². The molecule has 0 saturated heterocycles. The monoisotopic (exact) mass is 365 g/mol. The molecule has 5 nitrogen and oxygen atoms in total. The number of methoxy groups -OCH3 is 2. The van der Waals surface area contributed by atoms with Crippen molar-refractivity contribution >= 4 is 5.78 Å². The molecule has 0 radical (unpaired) electrons. The Hall–Kier alpha value is -3.21. The van der Waals surface area contributed by atoms with E-state index in [4.69, 9.17) is 14.2 Å². The molecule has 0 aliphatic carbocycles. The Morgan fingerprint density at radius 1 is 0.926 bits per heavy atom. The number of carbonyl (C=O) groups excluding carboxylic acids is 1. The Bertz CT molecular complexity index is 922. The van der Waals surface area contributed by atoms with Crippen LogP contribution in [-0.2, 0) is 0 Å². The fourth-order valence-corrected chi connectivity index (χ4v) is 3.19. The number of ketones is 1. The fourth-order valence-electron chi connectivity index (χ4n) is 3.19. The van der Waals surface area contributed by atoms with Gasteiger partial charge in [-0.05, 0) is 44.2 Å². The number of rotatable bonds is 7. The summed E-state index contributed by atoms with van der Waals surface area (Å²) in [4.78, 5) is 12.8. The number of nitrogens with zero attached hydrogens (tertiary/aromatic N) is 1. The van der Waals surface area contributed by atoms with Crippen molar-refractivity contribution in [1.29, 1.82) is 0 Å². The quantitative estimate of drug-likeness (QED) is 0.583. The summed E-state index contributed by atoms with van der Waals surface area (Å²) in [6.07, 6.45) is 0. The normalized spacial score (nSPS) is 10.5. The molecule has 0 saturated carbocycles. The number of Topliss-reactive ketones (excluding diaryl/α,β-unsaturated/α-hetero) is 1. The van der Waals surface area contributed by atoms with Gasteiger partial charge in [-0.2, -0.15) is 0 Å². The van der Waals surface area contributed by atoms with Crippen LogP contribution in [0.25, 0.3) is 5.69 Å². The molecular formula is C22H23NO4. The van der Waals surface area contributed by atoms with Crippen LogP contribution in [0.5, 0.6) is 17.2 Å². The third-order valence-electron chi connectivity index (χ3n) is 4.48. The van der Waals surface area contributed by atoms with Crippen LogP contribution >= 0.6 is 0 Å². The predicted molar refractivity (Wildman–Crippen MR) is 105 cm³/mol. The van der Waals surface area contributed by atoms with Gasteiger partial charge >= 0.3 is 0 Å². The van der Waals surface area contributed by atoms with Crippen molar-refractivity contribution in [3.8, 4) is 22.9 Å². The molecule has 0 aliphatic heterocycles. The lowest BCUT2D eigenvalue weighted by Gasteiger charge is -2.14. The molecule has 0 unspecified atom stereocenters. The molecule has 3 rings (SSSR count). The summed E-state index contributed by atoms with van der Waals surface area (Å²) in [5, 5.41) is 0. The summed E-state index contributed by atoms with van der Waals surface area (Å²) < 4.78 is 18.5. The van der Waals surface area contributed by atoms with Crippen molar-refractivity contribution in [3.63, 3.8) is 0 Å². The second-order valence-electron chi connectivity index (χ2n) is 6.16. The second kappa shape index (κ2) is 7.99. The highest BCUT2D eigenvalue weighted by atomic mass is 16.5. The van der Waals surface area contributed by atoms with E-state index in [1.807, 2.05) is 50.2 Å². The van der Waals surface area contributed by atoms with Gasteiger partial charge < -0.3 is 18.8 Å². The van der Waals surface area contributed by atoms with Gasteiger partial charge in [0.05, 0.1) is 14.2 Å². The Balaban J connectivity index is 1.85. The lowest BCUT2D eigenvalue weighted by Crippen LogP contribution is -2.13. The zero-order valence-corrected chi connectivity index (χ0v) is 16.0. The Kier molecular flexibility index (Phi) is 5.50. The Morgan fingerprint density at radius 3 is 2.15 bits per heavy atom. The SMILES string of the molecule is COc1cccc(OC)c1OCC(=O)c1cc(C)n(-c2ccccc2)c1C. The van der Waals surface area contributed by atoms with Gasteiger partial charge in [0.15, 0.2) is 18.1 Å². The van der Waals surface area contributed by atoms with Gasteiger partial charge in [-0.3, -0.25) is 4.79 Å². The molecule has 1 aromatic heterocycles. The predicted octanol–water partition coefficient (Wildman–Crippen LogP) is 4.37. The zero-order valence-electron chi connectivity index (χ0n) is 16.0. The molecule has 2 aromatic carbocycles. The van der Waals surface area contributed by atoms with Crippen LogP contribution in [0.2, 0.25) is 0 Å². The van der Waals surface area contributed by atoms with Crippen LogP contribution in [-0.4, -0.2) is 31.2 Å². The third kappa shape index (κ3) is 3.67. The summed E-state index contributed by atoms with van der Waals surface area (Å²) in [6.45, 7) is 3.83. The van der Waals surface area contributed by atoms with Crippen LogP contribution in [0.15, 0.2) is 54.6 Å². The van der Waals surface area contributed by atoms with E-state index in [0.29, 0.717) is 22.8 Å². The number of para-hydroxylation sites is 2. The maximum atomic E-state index is 12.8. The van der Waals surface area contributed by atoms with Gasteiger partial charge in [-0.1, -0.05) is 24.3 Å². The lowest BCUT2D eigenvalue weighted by molar-refractivity contribution is 0.0916. The maximum absolute atomic E-state index is 12.8. The minimum atomic E-state index is -0.101. The van der Waals surface area contributed by atoms with Crippen LogP contribution in [0, 0.1) is 13.8 Å². The highest BCUT2D eigenvalue weighted by Gasteiger charge is 2.19. The van der Waals surface area contributed by atoms with E-state index >= 15 is 0 Å². The molecular weight excluding hydrogens is 342 g/mol. The Morgan fingerprint density at radius 2 is 1.56 bits per heavy atom. The largest absolute Gasteiger partial charge is 0.493 e. The third-order valence-corrected chi connectivity index (χ3v) is 4.48. The number of aryl methyl sites for hydroxylation is 1. The van der Waals surface area contributed by atoms with Gasteiger partial charge in [0.25, 0.3) is 0 Å². The van der Waals surface area contributed by atoms with E-state index in [0.717, 1.165) is 17.1 Å². The molecule has 1 heterocycles. The first-order valence-electron chi connectivity index (χ1n) is 8.68.